The third-order valence-electron chi connectivity index (χ3n) is 7.08. The van der Waals surface area contributed by atoms with Crippen molar-refractivity contribution in [2.24, 2.45) is 5.92 Å². The lowest BCUT2D eigenvalue weighted by Crippen LogP contribution is -2.48. The lowest BCUT2D eigenvalue weighted by molar-refractivity contribution is -0.138. The minimum atomic E-state index is -0.275. The topological polar surface area (TPSA) is 49.0 Å². The molecule has 146 valence electrons. The van der Waals surface area contributed by atoms with Gasteiger partial charge in [-0.3, -0.25) is 4.79 Å². The molecule has 0 radical (unpaired) electrons. The molecular weight excluding hydrogens is 365 g/mol. The molecule has 2 heterocycles. The minimum absolute atomic E-state index is 0.0837. The first-order valence-electron chi connectivity index (χ1n) is 10.4. The summed E-state index contributed by atoms with van der Waals surface area (Å²) in [6.45, 7) is 0.644. The fraction of sp³-hybridized carbons (Fsp3) is 0.333. The molecule has 2 aromatic carbocycles. The zero-order chi connectivity index (χ0) is 19.5. The normalized spacial score (nSPS) is 27.0. The molecule has 1 amide bonds. The molecule has 2 bridgehead atoms. The van der Waals surface area contributed by atoms with Crippen LogP contribution in [0.15, 0.2) is 54.9 Å². The molecule has 4 aliphatic rings. The summed E-state index contributed by atoms with van der Waals surface area (Å²) in [5, 5.41) is 0. The van der Waals surface area contributed by atoms with Gasteiger partial charge in [-0.2, -0.15) is 0 Å². The summed E-state index contributed by atoms with van der Waals surface area (Å²) in [6.07, 6.45) is 4.67. The first-order chi connectivity index (χ1) is 14.2. The second kappa shape index (κ2) is 6.28. The van der Waals surface area contributed by atoms with E-state index in [1.165, 1.54) is 23.3 Å². The monoisotopic (exact) mass is 387 g/mol. The fourth-order valence-electron chi connectivity index (χ4n) is 5.62. The third-order valence-corrected chi connectivity index (χ3v) is 7.08. The Kier molecular flexibility index (Phi) is 3.67. The van der Waals surface area contributed by atoms with Crippen molar-refractivity contribution in [2.45, 2.75) is 37.1 Å². The van der Waals surface area contributed by atoms with Gasteiger partial charge in [0.2, 0.25) is 5.91 Å². The van der Waals surface area contributed by atoms with E-state index in [4.69, 9.17) is 0 Å². The number of nitrogens with one attached hydrogen (secondary N) is 1. The Hall–Kier alpha value is -2.95. The van der Waals surface area contributed by atoms with Crippen molar-refractivity contribution in [3.8, 4) is 0 Å². The molecule has 5 heteroatoms. The molecule has 1 aromatic heterocycles. The summed E-state index contributed by atoms with van der Waals surface area (Å²) in [5.41, 5.74) is 5.41. The number of nitrogens with zero attached hydrogens (tertiary/aromatic N) is 2. The van der Waals surface area contributed by atoms with Crippen LogP contribution in [-0.2, 0) is 11.2 Å². The molecule has 2 atom stereocenters. The van der Waals surface area contributed by atoms with Crippen LogP contribution in [-0.4, -0.2) is 27.3 Å². The first kappa shape index (κ1) is 17.0. The van der Waals surface area contributed by atoms with Gasteiger partial charge >= 0.3 is 0 Å². The molecule has 7 rings (SSSR count). The fourth-order valence-corrected chi connectivity index (χ4v) is 5.62. The van der Waals surface area contributed by atoms with Crippen LogP contribution in [0.1, 0.15) is 58.8 Å². The zero-order valence-electron chi connectivity index (χ0n) is 16.0. The molecule has 3 aliphatic carbocycles. The molecule has 1 fully saturated rings. The highest BCUT2D eigenvalue weighted by atomic mass is 19.1. The molecule has 2 unspecified atom stereocenters. The maximum absolute atomic E-state index is 13.9. The molecule has 0 saturated heterocycles. The van der Waals surface area contributed by atoms with Crippen molar-refractivity contribution in [3.63, 3.8) is 0 Å². The molecule has 1 aliphatic heterocycles. The Balaban J connectivity index is 1.43. The number of amides is 1. The average Bonchev–Trinajstić information content (AvgIpc) is 3.20. The Bertz CT molecular complexity index is 1080. The van der Waals surface area contributed by atoms with Crippen molar-refractivity contribution in [1.82, 2.24) is 14.9 Å². The Labute approximate surface area is 168 Å². The van der Waals surface area contributed by atoms with Crippen LogP contribution in [0.3, 0.4) is 0 Å². The number of carbonyl (C=O) groups excluding carboxylic acids is 1. The van der Waals surface area contributed by atoms with E-state index in [0.717, 1.165) is 36.2 Å². The van der Waals surface area contributed by atoms with Gasteiger partial charge in [0, 0.05) is 18.7 Å². The number of rotatable bonds is 2. The summed E-state index contributed by atoms with van der Waals surface area (Å²) in [7, 11) is 0. The maximum Gasteiger partial charge on any atom is 0.231 e. The summed E-state index contributed by atoms with van der Waals surface area (Å²) in [5.74, 6) is 0.874. The number of hydrogen-bond donors (Lipinski definition) is 1. The number of benzene rings is 2. The van der Waals surface area contributed by atoms with Gasteiger partial charge in [-0.1, -0.05) is 36.4 Å². The largest absolute Gasteiger partial charge is 0.348 e. The SMILES string of the molecule is O=C(C1c2ccccc2C2CC1C2)N1CCc2[nH]cnc2C1c1ccc(F)cc1. The van der Waals surface area contributed by atoms with Crippen LogP contribution >= 0.6 is 0 Å². The third kappa shape index (κ3) is 2.49. The van der Waals surface area contributed by atoms with Gasteiger partial charge in [-0.15, -0.1) is 0 Å². The van der Waals surface area contributed by atoms with Gasteiger partial charge in [-0.25, -0.2) is 9.37 Å². The molecular formula is C24H22FN3O. The number of hydrogen-bond acceptors (Lipinski definition) is 2. The summed E-state index contributed by atoms with van der Waals surface area (Å²) < 4.78 is 13.6. The van der Waals surface area contributed by atoms with Crippen LogP contribution in [0.25, 0.3) is 0 Å². The van der Waals surface area contributed by atoms with Crippen molar-refractivity contribution >= 4 is 5.91 Å². The zero-order valence-corrected chi connectivity index (χ0v) is 16.0. The summed E-state index contributed by atoms with van der Waals surface area (Å²) >= 11 is 0. The highest BCUT2D eigenvalue weighted by Gasteiger charge is 2.49. The Morgan fingerprint density at radius 1 is 1.07 bits per heavy atom. The summed E-state index contributed by atoms with van der Waals surface area (Å²) in [4.78, 5) is 23.7. The second-order valence-corrected chi connectivity index (χ2v) is 8.54. The molecule has 29 heavy (non-hydrogen) atoms. The van der Waals surface area contributed by atoms with Gasteiger partial charge in [0.1, 0.15) is 11.9 Å². The Morgan fingerprint density at radius 3 is 2.62 bits per heavy atom. The van der Waals surface area contributed by atoms with E-state index >= 15 is 0 Å². The van der Waals surface area contributed by atoms with Gasteiger partial charge in [0.25, 0.3) is 0 Å². The molecule has 1 N–H and O–H groups in total. The number of aromatic amines is 1. The van der Waals surface area contributed by atoms with Crippen molar-refractivity contribution in [2.75, 3.05) is 6.54 Å². The van der Waals surface area contributed by atoms with E-state index in [9.17, 15) is 9.18 Å². The first-order valence-corrected chi connectivity index (χ1v) is 10.4. The van der Waals surface area contributed by atoms with E-state index in [0.29, 0.717) is 18.4 Å². The highest BCUT2D eigenvalue weighted by molar-refractivity contribution is 5.86. The van der Waals surface area contributed by atoms with Crippen LogP contribution in [0.2, 0.25) is 0 Å². The van der Waals surface area contributed by atoms with Crippen LogP contribution in [0, 0.1) is 11.7 Å². The highest BCUT2D eigenvalue weighted by Crippen LogP contribution is 2.56. The minimum Gasteiger partial charge on any atom is -0.348 e. The van der Waals surface area contributed by atoms with Gasteiger partial charge in [0.05, 0.1) is 17.9 Å². The smallest absolute Gasteiger partial charge is 0.231 e. The predicted molar refractivity (Wildman–Crippen MR) is 107 cm³/mol. The van der Waals surface area contributed by atoms with E-state index in [1.54, 1.807) is 18.5 Å². The van der Waals surface area contributed by atoms with Crippen molar-refractivity contribution < 1.29 is 9.18 Å². The number of aromatic nitrogens is 2. The lowest BCUT2D eigenvalue weighted by Gasteiger charge is -2.49. The maximum atomic E-state index is 13.9. The van der Waals surface area contributed by atoms with E-state index < -0.39 is 0 Å². The van der Waals surface area contributed by atoms with Crippen molar-refractivity contribution in [3.05, 3.63) is 88.8 Å². The molecule has 4 nitrogen and oxygen atoms in total. The number of imidazole rings is 1. The number of fused-ring (bicyclic) bond motifs is 1. The standard InChI is InChI=1S/C24H22FN3O/c25-17-7-5-14(6-8-17)23-22-20(26-13-27-22)9-10-28(23)24(29)21-16-11-15(12-16)18-3-1-2-4-19(18)21/h1-8,13,15-16,21,23H,9-12H2,(H,26,27). The molecule has 1 saturated carbocycles. The van der Waals surface area contributed by atoms with Gasteiger partial charge in [0.15, 0.2) is 0 Å². The summed E-state index contributed by atoms with van der Waals surface area (Å²) in [6, 6.07) is 14.7. The van der Waals surface area contributed by atoms with E-state index in [2.05, 4.69) is 28.2 Å². The predicted octanol–water partition coefficient (Wildman–Crippen LogP) is 4.31. The van der Waals surface area contributed by atoms with Crippen LogP contribution in [0.4, 0.5) is 4.39 Å². The van der Waals surface area contributed by atoms with Crippen molar-refractivity contribution in [1.29, 1.82) is 0 Å². The molecule has 0 spiro atoms. The number of halogens is 1. The van der Waals surface area contributed by atoms with E-state index in [1.807, 2.05) is 11.0 Å². The van der Waals surface area contributed by atoms with Gasteiger partial charge in [-0.05, 0) is 53.5 Å². The quantitative estimate of drug-likeness (QED) is 0.712. The second-order valence-electron chi connectivity index (χ2n) is 8.54. The van der Waals surface area contributed by atoms with Crippen LogP contribution < -0.4 is 0 Å². The van der Waals surface area contributed by atoms with E-state index in [-0.39, 0.29) is 23.7 Å². The number of H-pyrrole nitrogens is 1. The number of carbonyl (C=O) groups is 1. The lowest BCUT2D eigenvalue weighted by atomic mass is 9.57. The average molecular weight is 387 g/mol. The Morgan fingerprint density at radius 2 is 1.83 bits per heavy atom. The molecule has 3 aromatic rings. The van der Waals surface area contributed by atoms with Gasteiger partial charge < -0.3 is 9.88 Å². The van der Waals surface area contributed by atoms with Crippen LogP contribution in [0.5, 0.6) is 0 Å².